The number of halogens is 2. The molecule has 3 heterocycles. The van der Waals surface area contributed by atoms with E-state index in [9.17, 15) is 23.6 Å². The third kappa shape index (κ3) is 7.76. The lowest BCUT2D eigenvalue weighted by Gasteiger charge is -2.20. The highest BCUT2D eigenvalue weighted by Gasteiger charge is 2.21. The van der Waals surface area contributed by atoms with Crippen molar-refractivity contribution in [3.05, 3.63) is 105 Å². The molecule has 4 N–H and O–H groups in total. The lowest BCUT2D eigenvalue weighted by molar-refractivity contribution is -0.129. The van der Waals surface area contributed by atoms with Crippen LogP contribution in [0.1, 0.15) is 35.2 Å². The molecule has 5 rings (SSSR count). The second-order valence-electron chi connectivity index (χ2n) is 11.3. The van der Waals surface area contributed by atoms with Crippen LogP contribution in [0.3, 0.4) is 0 Å². The van der Waals surface area contributed by atoms with E-state index in [0.29, 0.717) is 22.5 Å². The zero-order valence-electron chi connectivity index (χ0n) is 26.3. The fourth-order valence-electron chi connectivity index (χ4n) is 4.99. The number of pyridine rings is 1. The summed E-state index contributed by atoms with van der Waals surface area (Å²) in [6.07, 6.45) is 5.10. The van der Waals surface area contributed by atoms with Crippen molar-refractivity contribution in [3.8, 4) is 29.0 Å². The lowest BCUT2D eigenvalue weighted by atomic mass is 9.95. The van der Waals surface area contributed by atoms with Gasteiger partial charge in [-0.15, -0.1) is 0 Å². The Bertz CT molecular complexity index is 2020. The van der Waals surface area contributed by atoms with Gasteiger partial charge in [0.1, 0.15) is 35.1 Å². The van der Waals surface area contributed by atoms with Crippen LogP contribution in [-0.2, 0) is 11.3 Å². The Balaban J connectivity index is 1.40. The third-order valence-electron chi connectivity index (χ3n) is 7.70. The van der Waals surface area contributed by atoms with Crippen molar-refractivity contribution in [2.45, 2.75) is 25.8 Å². The number of likely N-dealkylation sites (N-methyl/N-ethyl adjacent to an activating group) is 1. The maximum absolute atomic E-state index is 15.3. The van der Waals surface area contributed by atoms with Crippen LogP contribution in [0.4, 0.5) is 20.3 Å². The molecule has 0 spiro atoms. The van der Waals surface area contributed by atoms with Gasteiger partial charge in [0.15, 0.2) is 11.6 Å². The number of carbonyl (C=O) groups is 2. The zero-order chi connectivity index (χ0) is 34.4. The molecule has 2 aromatic heterocycles. The first-order valence-corrected chi connectivity index (χ1v) is 15.1. The number of anilines is 2. The number of nitrogens with one attached hydrogen (secondary N) is 2. The molecule has 12 nitrogen and oxygen atoms in total. The molecular weight excluding hydrogens is 624 g/mol. The Hall–Kier alpha value is -5.81. The minimum absolute atomic E-state index is 0.0215. The number of piperidine rings is 1. The highest BCUT2D eigenvalue weighted by molar-refractivity contribution is 6.04. The summed E-state index contributed by atoms with van der Waals surface area (Å²) in [6.45, 7) is 1.41. The van der Waals surface area contributed by atoms with Crippen LogP contribution in [0, 0.1) is 29.4 Å². The van der Waals surface area contributed by atoms with Gasteiger partial charge in [-0.3, -0.25) is 19.0 Å². The van der Waals surface area contributed by atoms with E-state index in [0.717, 1.165) is 54.9 Å². The summed E-state index contributed by atoms with van der Waals surface area (Å²) in [6, 6.07) is 9.60. The molecule has 1 saturated heterocycles. The van der Waals surface area contributed by atoms with Crippen molar-refractivity contribution in [2.75, 3.05) is 38.2 Å². The molecule has 4 aromatic rings. The predicted octanol–water partition coefficient (Wildman–Crippen LogP) is 3.13. The average Bonchev–Trinajstić information content (AvgIpc) is 3.06. The highest BCUT2D eigenvalue weighted by Crippen LogP contribution is 2.30. The van der Waals surface area contributed by atoms with E-state index in [1.807, 2.05) is 0 Å². The zero-order valence-corrected chi connectivity index (χ0v) is 26.3. The first-order valence-electron chi connectivity index (χ1n) is 15.1. The van der Waals surface area contributed by atoms with Crippen LogP contribution in [0.5, 0.6) is 11.5 Å². The second-order valence-corrected chi connectivity index (χ2v) is 11.3. The number of amides is 2. The number of rotatable bonds is 8. The summed E-state index contributed by atoms with van der Waals surface area (Å²) in [5, 5.41) is 5.76. The second kappa shape index (κ2) is 14.7. The number of nitrogen functional groups attached to an aromatic ring is 1. The van der Waals surface area contributed by atoms with Crippen molar-refractivity contribution in [1.29, 1.82) is 0 Å². The summed E-state index contributed by atoms with van der Waals surface area (Å²) < 4.78 is 36.2. The van der Waals surface area contributed by atoms with Crippen LogP contribution < -0.4 is 32.4 Å². The van der Waals surface area contributed by atoms with Crippen LogP contribution in [0.25, 0.3) is 5.69 Å². The number of hydrogen-bond donors (Lipinski definition) is 3. The average molecular weight is 658 g/mol. The fraction of sp³-hybridized carbons (Fsp3) is 0.265. The number of ether oxygens (including phenoxy) is 1. The standard InChI is InChI=1S/C34H33F2N7O5/c1-41(2)30(44)20-42-19-26(33(46)43(34(42)47)24-9-6-22(35)7-10-24)32(45)40-23-8-11-29(27(36)18-23)48-28-14-17-39-31(37)25(28)5-3-4-21-12-15-38-16-13-21/h6-11,14,17-19,21,38H,4,12-13,15-16,20H2,1-2H3,(H2,37,39)(H,40,45). The van der Waals surface area contributed by atoms with Crippen LogP contribution in [0.15, 0.2) is 70.5 Å². The summed E-state index contributed by atoms with van der Waals surface area (Å²) in [4.78, 5) is 57.7. The number of hydrogen-bond acceptors (Lipinski definition) is 8. The van der Waals surface area contributed by atoms with Crippen molar-refractivity contribution in [2.24, 2.45) is 5.92 Å². The maximum atomic E-state index is 15.3. The molecule has 0 radical (unpaired) electrons. The monoisotopic (exact) mass is 657 g/mol. The molecule has 14 heteroatoms. The van der Waals surface area contributed by atoms with Crippen molar-refractivity contribution in [1.82, 2.24) is 24.3 Å². The highest BCUT2D eigenvalue weighted by atomic mass is 19.1. The molecule has 1 aliphatic heterocycles. The summed E-state index contributed by atoms with van der Waals surface area (Å²) in [5.41, 5.74) is 3.87. The summed E-state index contributed by atoms with van der Waals surface area (Å²) >= 11 is 0. The first kappa shape index (κ1) is 33.6. The molecule has 1 fully saturated rings. The van der Waals surface area contributed by atoms with E-state index in [4.69, 9.17) is 10.5 Å². The van der Waals surface area contributed by atoms with E-state index in [1.165, 1.54) is 55.5 Å². The third-order valence-corrected chi connectivity index (χ3v) is 7.70. The van der Waals surface area contributed by atoms with Gasteiger partial charge < -0.3 is 26.0 Å². The van der Waals surface area contributed by atoms with Crippen LogP contribution in [-0.4, -0.2) is 58.0 Å². The molecule has 248 valence electrons. The fourth-order valence-corrected chi connectivity index (χ4v) is 4.99. The Morgan fingerprint density at radius 2 is 1.81 bits per heavy atom. The van der Waals surface area contributed by atoms with Gasteiger partial charge in [-0.05, 0) is 68.2 Å². The molecule has 0 atom stereocenters. The minimum Gasteiger partial charge on any atom is -0.453 e. The molecule has 0 unspecified atom stereocenters. The van der Waals surface area contributed by atoms with Gasteiger partial charge in [0.2, 0.25) is 5.91 Å². The first-order chi connectivity index (χ1) is 23.0. The van der Waals surface area contributed by atoms with E-state index in [1.54, 1.807) is 0 Å². The number of aromatic nitrogens is 3. The van der Waals surface area contributed by atoms with E-state index < -0.39 is 46.8 Å². The van der Waals surface area contributed by atoms with Crippen LogP contribution >= 0.6 is 0 Å². The Morgan fingerprint density at radius 3 is 2.50 bits per heavy atom. The van der Waals surface area contributed by atoms with Gasteiger partial charge in [0, 0.05) is 50.7 Å². The normalized spacial score (nSPS) is 12.9. The van der Waals surface area contributed by atoms with Gasteiger partial charge in [-0.2, -0.15) is 0 Å². The van der Waals surface area contributed by atoms with E-state index in [2.05, 4.69) is 27.5 Å². The molecule has 48 heavy (non-hydrogen) atoms. The number of benzene rings is 2. The molecule has 1 aliphatic rings. The molecule has 2 amide bonds. The number of nitrogens with zero attached hydrogens (tertiary/aromatic N) is 4. The van der Waals surface area contributed by atoms with Crippen molar-refractivity contribution < 1.29 is 23.1 Å². The molecular formula is C34H33F2N7O5. The van der Waals surface area contributed by atoms with Gasteiger partial charge in [-0.1, -0.05) is 11.8 Å². The van der Waals surface area contributed by atoms with E-state index >= 15 is 4.39 Å². The smallest absolute Gasteiger partial charge is 0.336 e. The number of carbonyl (C=O) groups excluding carboxylic acids is 2. The summed E-state index contributed by atoms with van der Waals surface area (Å²) in [7, 11) is 2.96. The molecule has 2 aromatic carbocycles. The predicted molar refractivity (Wildman–Crippen MR) is 175 cm³/mol. The van der Waals surface area contributed by atoms with Gasteiger partial charge in [0.05, 0.1) is 5.69 Å². The maximum Gasteiger partial charge on any atom is 0.336 e. The van der Waals surface area contributed by atoms with E-state index in [-0.39, 0.29) is 28.7 Å². The molecule has 0 saturated carbocycles. The lowest BCUT2D eigenvalue weighted by Crippen LogP contribution is -2.44. The largest absolute Gasteiger partial charge is 0.453 e. The van der Waals surface area contributed by atoms with Crippen LogP contribution in [0.2, 0.25) is 0 Å². The SMILES string of the molecule is CN(C)C(=O)Cn1cc(C(=O)Nc2ccc(Oc3ccnc(N)c3C#CCC3CCNCC3)c(F)c2)c(=O)n(-c2ccc(F)cc2)c1=O. The van der Waals surface area contributed by atoms with Gasteiger partial charge in [-0.25, -0.2) is 23.1 Å². The molecule has 0 aliphatic carbocycles. The van der Waals surface area contributed by atoms with Gasteiger partial charge in [0.25, 0.3) is 11.5 Å². The Kier molecular flexibility index (Phi) is 10.3. The quantitative estimate of drug-likeness (QED) is 0.245. The van der Waals surface area contributed by atoms with Crippen molar-refractivity contribution in [3.63, 3.8) is 0 Å². The van der Waals surface area contributed by atoms with Gasteiger partial charge >= 0.3 is 5.69 Å². The summed E-state index contributed by atoms with van der Waals surface area (Å²) in [5.74, 6) is 3.84. The Labute approximate surface area is 274 Å². The number of nitrogens with two attached hydrogens (primary N) is 1. The topological polar surface area (TPSA) is 154 Å². The minimum atomic E-state index is -1.03. The molecule has 0 bridgehead atoms. The van der Waals surface area contributed by atoms with Crippen molar-refractivity contribution >= 4 is 23.3 Å². The Morgan fingerprint density at radius 1 is 1.08 bits per heavy atom.